The third-order valence-electron chi connectivity index (χ3n) is 9.09. The maximum Gasteiger partial charge on any atom is 0.407 e. The lowest BCUT2D eigenvalue weighted by Gasteiger charge is -2.54. The molecular formula is C34H47F3N6O5. The number of carbonyl (C=O) groups is 2. The molecule has 0 aliphatic carbocycles. The van der Waals surface area contributed by atoms with Crippen LogP contribution >= 0.6 is 0 Å². The number of anilines is 1. The maximum atomic E-state index is 14.3. The minimum absolute atomic E-state index is 0.0396. The number of carbonyl (C=O) groups excluding carboxylic acids is 2. The lowest BCUT2D eigenvalue weighted by Crippen LogP contribution is -2.61. The first kappa shape index (κ1) is 35.7. The Kier molecular flexibility index (Phi) is 11.0. The van der Waals surface area contributed by atoms with Gasteiger partial charge in [-0.2, -0.15) is 0 Å². The van der Waals surface area contributed by atoms with Gasteiger partial charge >= 0.3 is 6.09 Å². The lowest BCUT2D eigenvalue weighted by atomic mass is 9.72. The Morgan fingerprint density at radius 3 is 2.50 bits per heavy atom. The van der Waals surface area contributed by atoms with E-state index in [1.807, 2.05) is 20.8 Å². The Labute approximate surface area is 280 Å². The minimum atomic E-state index is -2.74. The largest absolute Gasteiger partial charge is 0.451 e. The van der Waals surface area contributed by atoms with Gasteiger partial charge in [0, 0.05) is 31.1 Å². The van der Waals surface area contributed by atoms with Gasteiger partial charge in [-0.3, -0.25) is 4.79 Å². The summed E-state index contributed by atoms with van der Waals surface area (Å²) in [5.74, 6) is -0.536. The summed E-state index contributed by atoms with van der Waals surface area (Å²) < 4.78 is 58.4. The topological polar surface area (TPSA) is 109 Å². The molecule has 1 aromatic carbocycles. The number of ether oxygens (including phenoxy) is 3. The molecule has 1 spiro atoms. The van der Waals surface area contributed by atoms with Crippen LogP contribution in [-0.4, -0.2) is 108 Å². The summed E-state index contributed by atoms with van der Waals surface area (Å²) >= 11 is 0. The van der Waals surface area contributed by atoms with E-state index in [4.69, 9.17) is 14.2 Å². The van der Waals surface area contributed by atoms with Crippen molar-refractivity contribution in [2.45, 2.75) is 90.5 Å². The maximum absolute atomic E-state index is 14.3. The summed E-state index contributed by atoms with van der Waals surface area (Å²) in [6.07, 6.45) is 3.64. The highest BCUT2D eigenvalue weighted by molar-refractivity contribution is 5.97. The van der Waals surface area contributed by atoms with Crippen LogP contribution in [0.1, 0.15) is 70.7 Å². The number of benzene rings is 1. The predicted molar refractivity (Wildman–Crippen MR) is 173 cm³/mol. The number of alkyl halides is 2. The Hall–Kier alpha value is -3.65. The number of aromatic nitrogens is 2. The SMILES string of the molecule is CC(C)N(CC(F)F)C(=O)c1cc(F)ccc1Oc1cncnc1N1CC2(CCN(C[C@@H]3CC[C@@H](NC(=O)OC(C)(C)C)CO3)CC2)C1. The fourth-order valence-electron chi connectivity index (χ4n) is 6.59. The number of nitrogens with one attached hydrogen (secondary N) is 1. The fourth-order valence-corrected chi connectivity index (χ4v) is 6.59. The molecule has 3 aliphatic rings. The summed E-state index contributed by atoms with van der Waals surface area (Å²) in [5, 5.41) is 2.91. The number of halogens is 3. The highest BCUT2D eigenvalue weighted by Gasteiger charge is 2.46. The first-order valence-electron chi connectivity index (χ1n) is 16.7. The molecule has 5 rings (SSSR count). The number of hydrogen-bond donors (Lipinski definition) is 1. The van der Waals surface area contributed by atoms with E-state index in [0.717, 1.165) is 75.4 Å². The number of hydrogen-bond acceptors (Lipinski definition) is 9. The number of alkyl carbamates (subject to hydrolysis) is 1. The standard InChI is InChI=1S/C34H47F3N6O5/c1-22(2)43(17-29(36)37)31(44)26-14-23(35)6-9-27(26)47-28-15-38-21-39-30(28)42-19-34(20-42)10-12-41(13-11-34)16-25-8-7-24(18-46-25)40-32(45)48-33(3,4)5/h6,9,14-15,21-22,24-25,29H,7-8,10-13,16-20H2,1-5H3,(H,40,45)/t24-,25+/m1/s1. The van der Waals surface area contributed by atoms with Gasteiger partial charge in [-0.05, 0) is 91.6 Å². The molecule has 264 valence electrons. The fraction of sp³-hybridized carbons (Fsp3) is 0.647. The van der Waals surface area contributed by atoms with Gasteiger partial charge in [0.2, 0.25) is 0 Å². The van der Waals surface area contributed by atoms with Crippen LogP contribution in [0.25, 0.3) is 0 Å². The highest BCUT2D eigenvalue weighted by atomic mass is 19.3. The van der Waals surface area contributed by atoms with Crippen molar-refractivity contribution in [3.63, 3.8) is 0 Å². The van der Waals surface area contributed by atoms with Gasteiger partial charge in [0.1, 0.15) is 23.5 Å². The lowest BCUT2D eigenvalue weighted by molar-refractivity contribution is -0.0347. The van der Waals surface area contributed by atoms with Crippen molar-refractivity contribution in [1.29, 1.82) is 0 Å². The van der Waals surface area contributed by atoms with Crippen molar-refractivity contribution in [1.82, 2.24) is 25.1 Å². The van der Waals surface area contributed by atoms with Crippen LogP contribution in [0.4, 0.5) is 23.8 Å². The zero-order valence-corrected chi connectivity index (χ0v) is 28.4. The molecule has 11 nitrogen and oxygen atoms in total. The minimum Gasteiger partial charge on any atom is -0.451 e. The zero-order valence-electron chi connectivity index (χ0n) is 28.4. The molecule has 0 radical (unpaired) electrons. The number of piperidine rings is 1. The number of amides is 2. The molecule has 1 N–H and O–H groups in total. The molecule has 0 bridgehead atoms. The van der Waals surface area contributed by atoms with Gasteiger partial charge < -0.3 is 34.2 Å². The van der Waals surface area contributed by atoms with Crippen LogP contribution in [0.2, 0.25) is 0 Å². The second-order valence-electron chi connectivity index (χ2n) is 14.4. The van der Waals surface area contributed by atoms with Crippen molar-refractivity contribution in [3.05, 3.63) is 42.1 Å². The van der Waals surface area contributed by atoms with E-state index in [-0.39, 0.29) is 28.9 Å². The van der Waals surface area contributed by atoms with Gasteiger partial charge in [-0.15, -0.1) is 0 Å². The first-order valence-corrected chi connectivity index (χ1v) is 16.7. The second-order valence-corrected chi connectivity index (χ2v) is 14.4. The van der Waals surface area contributed by atoms with Crippen molar-refractivity contribution >= 4 is 17.8 Å². The second kappa shape index (κ2) is 14.9. The number of likely N-dealkylation sites (tertiary alicyclic amines) is 1. The molecule has 3 fully saturated rings. The first-order chi connectivity index (χ1) is 22.7. The van der Waals surface area contributed by atoms with E-state index >= 15 is 0 Å². The van der Waals surface area contributed by atoms with Gasteiger partial charge in [-0.1, -0.05) is 0 Å². The predicted octanol–water partition coefficient (Wildman–Crippen LogP) is 5.50. The van der Waals surface area contributed by atoms with E-state index in [1.165, 1.54) is 18.6 Å². The van der Waals surface area contributed by atoms with Gasteiger partial charge in [0.05, 0.1) is 37.1 Å². The molecule has 0 unspecified atom stereocenters. The van der Waals surface area contributed by atoms with Crippen molar-refractivity contribution in [3.8, 4) is 11.5 Å². The van der Waals surface area contributed by atoms with E-state index in [0.29, 0.717) is 18.2 Å². The average Bonchev–Trinajstić information content (AvgIpc) is 3.00. The van der Waals surface area contributed by atoms with Crippen LogP contribution in [0.15, 0.2) is 30.7 Å². The Morgan fingerprint density at radius 2 is 1.88 bits per heavy atom. The molecule has 3 aliphatic heterocycles. The quantitative estimate of drug-likeness (QED) is 0.349. The number of rotatable bonds is 10. The molecular weight excluding hydrogens is 629 g/mol. The summed E-state index contributed by atoms with van der Waals surface area (Å²) in [6, 6.07) is 2.91. The van der Waals surface area contributed by atoms with E-state index in [9.17, 15) is 22.8 Å². The molecule has 2 atom stereocenters. The molecule has 4 heterocycles. The smallest absolute Gasteiger partial charge is 0.407 e. The Balaban J connectivity index is 1.14. The molecule has 14 heteroatoms. The van der Waals surface area contributed by atoms with E-state index < -0.39 is 42.4 Å². The highest BCUT2D eigenvalue weighted by Crippen LogP contribution is 2.45. The summed E-state index contributed by atoms with van der Waals surface area (Å²) in [4.78, 5) is 39.5. The summed E-state index contributed by atoms with van der Waals surface area (Å²) in [7, 11) is 0. The monoisotopic (exact) mass is 676 g/mol. The number of nitrogens with zero attached hydrogens (tertiary/aromatic N) is 5. The van der Waals surface area contributed by atoms with E-state index in [1.54, 1.807) is 13.8 Å². The Bertz CT molecular complexity index is 1420. The van der Waals surface area contributed by atoms with Crippen molar-refractivity contribution in [2.24, 2.45) is 5.41 Å². The van der Waals surface area contributed by atoms with Crippen LogP contribution in [-0.2, 0) is 9.47 Å². The van der Waals surface area contributed by atoms with Crippen LogP contribution < -0.4 is 15.0 Å². The molecule has 2 aromatic rings. The van der Waals surface area contributed by atoms with Gasteiger partial charge in [-0.25, -0.2) is 27.9 Å². The zero-order chi connectivity index (χ0) is 34.6. The van der Waals surface area contributed by atoms with Gasteiger partial charge in [0.25, 0.3) is 12.3 Å². The van der Waals surface area contributed by atoms with Crippen LogP contribution in [0.5, 0.6) is 11.5 Å². The third-order valence-corrected chi connectivity index (χ3v) is 9.09. The third kappa shape index (κ3) is 9.07. The van der Waals surface area contributed by atoms with Crippen molar-refractivity contribution in [2.75, 3.05) is 50.8 Å². The molecule has 48 heavy (non-hydrogen) atoms. The summed E-state index contributed by atoms with van der Waals surface area (Å²) in [6.45, 7) is 12.8. The Morgan fingerprint density at radius 1 is 1.15 bits per heavy atom. The average molecular weight is 677 g/mol. The van der Waals surface area contributed by atoms with Crippen LogP contribution in [0, 0.1) is 11.2 Å². The van der Waals surface area contributed by atoms with Gasteiger partial charge in [0.15, 0.2) is 11.6 Å². The van der Waals surface area contributed by atoms with E-state index in [2.05, 4.69) is 25.1 Å². The molecule has 1 aromatic heterocycles. The van der Waals surface area contributed by atoms with Crippen LogP contribution in [0.3, 0.4) is 0 Å². The van der Waals surface area contributed by atoms with Crippen molar-refractivity contribution < 1.29 is 37.0 Å². The summed E-state index contributed by atoms with van der Waals surface area (Å²) in [5.41, 5.74) is -0.551. The molecule has 2 amide bonds. The molecule has 3 saturated heterocycles. The molecule has 0 saturated carbocycles. The normalized spacial score (nSPS) is 21.2.